The summed E-state index contributed by atoms with van der Waals surface area (Å²) >= 11 is 0. The van der Waals surface area contributed by atoms with Gasteiger partial charge in [0.25, 0.3) is 0 Å². The lowest BCUT2D eigenvalue weighted by molar-refractivity contribution is 0.480. The van der Waals surface area contributed by atoms with Crippen LogP contribution in [0.4, 0.5) is 0 Å². The van der Waals surface area contributed by atoms with Crippen LogP contribution in [0.2, 0.25) is 0 Å². The molecule has 0 radical (unpaired) electrons. The molecule has 1 nitrogen and oxygen atoms in total. The predicted molar refractivity (Wildman–Crippen MR) is 109 cm³/mol. The van der Waals surface area contributed by atoms with Crippen molar-refractivity contribution >= 4 is 18.1 Å². The number of nitrogens with one attached hydrogen (secondary N) is 1. The molecule has 0 unspecified atom stereocenters. The third kappa shape index (κ3) is 3.38. The molecule has 2 heteroatoms. The third-order valence-corrected chi connectivity index (χ3v) is 4.78. The first-order valence-electron chi connectivity index (χ1n) is 8.43. The maximum atomic E-state index is 9.14. The van der Waals surface area contributed by atoms with Gasteiger partial charge in [0.15, 0.2) is 0 Å². The van der Waals surface area contributed by atoms with E-state index in [9.17, 15) is 0 Å². The molecule has 0 amide bonds. The highest BCUT2D eigenvalue weighted by Crippen LogP contribution is 2.42. The van der Waals surface area contributed by atoms with E-state index in [0.717, 1.165) is 5.56 Å². The van der Waals surface area contributed by atoms with Crippen LogP contribution >= 0.6 is 12.4 Å². The highest BCUT2D eigenvalue weighted by Gasteiger charge is 2.42. The average Bonchev–Trinajstić information content (AvgIpc) is 2.64. The van der Waals surface area contributed by atoms with Gasteiger partial charge in [0.05, 0.1) is 11.1 Å². The van der Waals surface area contributed by atoms with Crippen LogP contribution in [0, 0.1) is 11.3 Å². The summed E-state index contributed by atoms with van der Waals surface area (Å²) in [5.41, 5.74) is 3.48. The van der Waals surface area contributed by atoms with Crippen LogP contribution in [0.1, 0.15) is 30.5 Å². The van der Waals surface area contributed by atoms with E-state index in [4.69, 9.17) is 5.41 Å². The second kappa shape index (κ2) is 8.13. The lowest BCUT2D eigenvalue weighted by Gasteiger charge is -2.40. The standard InChI is InChI=1S/C23H23N.ClH/c1-18(2)23(20-14-8-4-9-15-20,21-16-10-5-11-17-21)22(24)19-12-6-3-7-13-19;/h3-18,24H,1-2H3;1H. The fourth-order valence-corrected chi connectivity index (χ4v) is 3.65. The maximum Gasteiger partial charge on any atom is 0.0645 e. The molecule has 0 atom stereocenters. The van der Waals surface area contributed by atoms with Gasteiger partial charge in [-0.05, 0) is 22.6 Å². The molecular formula is C23H24ClN. The van der Waals surface area contributed by atoms with E-state index >= 15 is 0 Å². The first-order chi connectivity index (χ1) is 11.7. The zero-order chi connectivity index (χ0) is 17.0. The molecule has 3 aromatic rings. The molecule has 0 aliphatic rings. The highest BCUT2D eigenvalue weighted by atomic mass is 35.5. The largest absolute Gasteiger partial charge is 0.303 e. The minimum atomic E-state index is -0.468. The minimum Gasteiger partial charge on any atom is -0.303 e. The Morgan fingerprint density at radius 1 is 0.680 bits per heavy atom. The Kier molecular flexibility index (Phi) is 6.17. The molecule has 0 bridgehead atoms. The van der Waals surface area contributed by atoms with E-state index in [2.05, 4.69) is 62.4 Å². The van der Waals surface area contributed by atoms with Gasteiger partial charge in [-0.1, -0.05) is 105 Å². The summed E-state index contributed by atoms with van der Waals surface area (Å²) in [5.74, 6) is 0.245. The van der Waals surface area contributed by atoms with E-state index in [1.807, 2.05) is 42.5 Å². The summed E-state index contributed by atoms with van der Waals surface area (Å²) in [5, 5.41) is 9.14. The zero-order valence-electron chi connectivity index (χ0n) is 14.6. The fraction of sp³-hybridized carbons (Fsp3) is 0.174. The first-order valence-corrected chi connectivity index (χ1v) is 8.43. The molecule has 0 heterocycles. The Labute approximate surface area is 156 Å². The second-order valence-electron chi connectivity index (χ2n) is 6.44. The number of hydrogen-bond donors (Lipinski definition) is 1. The van der Waals surface area contributed by atoms with Gasteiger partial charge in [-0.2, -0.15) is 0 Å². The molecule has 128 valence electrons. The Balaban J connectivity index is 0.00000225. The lowest BCUT2D eigenvalue weighted by Crippen LogP contribution is -2.42. The molecule has 0 saturated heterocycles. The van der Waals surface area contributed by atoms with Crippen LogP contribution in [0.15, 0.2) is 91.0 Å². The molecular weight excluding hydrogens is 326 g/mol. The summed E-state index contributed by atoms with van der Waals surface area (Å²) in [6.07, 6.45) is 0. The number of benzene rings is 3. The van der Waals surface area contributed by atoms with Crippen molar-refractivity contribution in [1.29, 1.82) is 5.41 Å². The third-order valence-electron chi connectivity index (χ3n) is 4.78. The lowest BCUT2D eigenvalue weighted by atomic mass is 9.62. The monoisotopic (exact) mass is 349 g/mol. The van der Waals surface area contributed by atoms with Gasteiger partial charge in [0.1, 0.15) is 0 Å². The first kappa shape index (κ1) is 19.0. The quantitative estimate of drug-likeness (QED) is 0.536. The molecule has 0 aliphatic heterocycles. The zero-order valence-corrected chi connectivity index (χ0v) is 15.5. The van der Waals surface area contributed by atoms with Crippen molar-refractivity contribution in [3.8, 4) is 0 Å². The van der Waals surface area contributed by atoms with Gasteiger partial charge in [0, 0.05) is 0 Å². The molecule has 1 N–H and O–H groups in total. The molecule has 0 spiro atoms. The van der Waals surface area contributed by atoms with Gasteiger partial charge < -0.3 is 5.41 Å². The Bertz CT molecular complexity index is 756. The van der Waals surface area contributed by atoms with Gasteiger partial charge >= 0.3 is 0 Å². The van der Waals surface area contributed by atoms with Crippen LogP contribution < -0.4 is 0 Å². The van der Waals surface area contributed by atoms with E-state index < -0.39 is 5.41 Å². The second-order valence-corrected chi connectivity index (χ2v) is 6.44. The molecule has 3 aromatic carbocycles. The molecule has 0 saturated carbocycles. The predicted octanol–water partition coefficient (Wildman–Crippen LogP) is 6.12. The van der Waals surface area contributed by atoms with E-state index in [1.54, 1.807) is 0 Å². The number of rotatable bonds is 5. The molecule has 0 aromatic heterocycles. The normalized spacial score (nSPS) is 11.0. The van der Waals surface area contributed by atoms with Gasteiger partial charge in [0.2, 0.25) is 0 Å². The van der Waals surface area contributed by atoms with Crippen LogP contribution in [-0.4, -0.2) is 5.71 Å². The molecule has 25 heavy (non-hydrogen) atoms. The van der Waals surface area contributed by atoms with Crippen LogP contribution in [0.25, 0.3) is 0 Å². The van der Waals surface area contributed by atoms with E-state index in [0.29, 0.717) is 5.71 Å². The molecule has 0 aliphatic carbocycles. The average molecular weight is 350 g/mol. The SMILES string of the molecule is CC(C)C(C(=N)c1ccccc1)(c1ccccc1)c1ccccc1.Cl. The Morgan fingerprint density at radius 2 is 1.04 bits per heavy atom. The molecule has 3 rings (SSSR count). The van der Waals surface area contributed by atoms with Crippen molar-refractivity contribution in [1.82, 2.24) is 0 Å². The summed E-state index contributed by atoms with van der Waals surface area (Å²) in [7, 11) is 0. The van der Waals surface area contributed by atoms with Crippen molar-refractivity contribution in [2.24, 2.45) is 5.92 Å². The van der Waals surface area contributed by atoms with Gasteiger partial charge in [-0.25, -0.2) is 0 Å². The van der Waals surface area contributed by atoms with Crippen molar-refractivity contribution < 1.29 is 0 Å². The summed E-state index contributed by atoms with van der Waals surface area (Å²) in [6.45, 7) is 4.41. The van der Waals surface area contributed by atoms with Gasteiger partial charge in [-0.3, -0.25) is 0 Å². The van der Waals surface area contributed by atoms with Gasteiger partial charge in [-0.15, -0.1) is 12.4 Å². The van der Waals surface area contributed by atoms with Crippen molar-refractivity contribution in [2.45, 2.75) is 19.3 Å². The fourth-order valence-electron chi connectivity index (χ4n) is 3.65. The Morgan fingerprint density at radius 3 is 1.40 bits per heavy atom. The smallest absolute Gasteiger partial charge is 0.0645 e. The van der Waals surface area contributed by atoms with Crippen LogP contribution in [-0.2, 0) is 5.41 Å². The number of hydrogen-bond acceptors (Lipinski definition) is 1. The van der Waals surface area contributed by atoms with Crippen molar-refractivity contribution in [2.75, 3.05) is 0 Å². The van der Waals surface area contributed by atoms with Crippen LogP contribution in [0.3, 0.4) is 0 Å². The molecule has 0 fully saturated rings. The van der Waals surface area contributed by atoms with E-state index in [1.165, 1.54) is 11.1 Å². The summed E-state index contributed by atoms with van der Waals surface area (Å²) in [4.78, 5) is 0. The van der Waals surface area contributed by atoms with Crippen molar-refractivity contribution in [3.05, 3.63) is 108 Å². The summed E-state index contributed by atoms with van der Waals surface area (Å²) < 4.78 is 0. The number of halogens is 1. The maximum absolute atomic E-state index is 9.14. The minimum absolute atomic E-state index is 0. The van der Waals surface area contributed by atoms with Crippen molar-refractivity contribution in [3.63, 3.8) is 0 Å². The van der Waals surface area contributed by atoms with Crippen LogP contribution in [0.5, 0.6) is 0 Å². The van der Waals surface area contributed by atoms with E-state index in [-0.39, 0.29) is 18.3 Å². The topological polar surface area (TPSA) is 23.9 Å². The summed E-state index contributed by atoms with van der Waals surface area (Å²) in [6, 6.07) is 31.0. The highest BCUT2D eigenvalue weighted by molar-refractivity contribution is 6.08. The Hall–Kier alpha value is -2.38.